The van der Waals surface area contributed by atoms with E-state index in [-0.39, 0.29) is 11.3 Å². The summed E-state index contributed by atoms with van der Waals surface area (Å²) in [5.74, 6) is -0.713. The van der Waals surface area contributed by atoms with Gasteiger partial charge >= 0.3 is 5.97 Å². The molecule has 76 valence electrons. The Morgan fingerprint density at radius 1 is 1.53 bits per heavy atom. The van der Waals surface area contributed by atoms with Gasteiger partial charge in [-0.3, -0.25) is 0 Å². The molecule has 0 aromatic heterocycles. The highest BCUT2D eigenvalue weighted by atomic mass is 16.5. The van der Waals surface area contributed by atoms with Gasteiger partial charge in [0.1, 0.15) is 17.4 Å². The monoisotopic (exact) mass is 203 g/mol. The third-order valence-electron chi connectivity index (χ3n) is 1.76. The molecule has 0 aliphatic heterocycles. The van der Waals surface area contributed by atoms with Crippen LogP contribution in [-0.4, -0.2) is 18.2 Å². The van der Waals surface area contributed by atoms with Crippen LogP contribution in [0.1, 0.15) is 5.56 Å². The molecule has 0 unspecified atom stereocenters. The van der Waals surface area contributed by atoms with Gasteiger partial charge in [-0.05, 0) is 12.1 Å². The van der Waals surface area contributed by atoms with Gasteiger partial charge in [-0.1, -0.05) is 18.2 Å². The number of benzene rings is 1. The normalized spacial score (nSPS) is 10.5. The van der Waals surface area contributed by atoms with Crippen LogP contribution < -0.4 is 0 Å². The maximum absolute atomic E-state index is 11.1. The van der Waals surface area contributed by atoms with E-state index in [9.17, 15) is 9.90 Å². The fraction of sp³-hybridized carbons (Fsp3) is 0.0909. The van der Waals surface area contributed by atoms with Crippen molar-refractivity contribution in [3.05, 3.63) is 35.4 Å². The van der Waals surface area contributed by atoms with Crippen LogP contribution in [0.15, 0.2) is 29.8 Å². The molecule has 4 heteroatoms. The van der Waals surface area contributed by atoms with E-state index in [2.05, 4.69) is 4.74 Å². The molecule has 4 nitrogen and oxygen atoms in total. The number of nitrogens with zero attached hydrogens (tertiary/aromatic N) is 1. The molecule has 0 aliphatic rings. The summed E-state index contributed by atoms with van der Waals surface area (Å²) in [6, 6.07) is 8.11. The van der Waals surface area contributed by atoms with Crippen LogP contribution in [-0.2, 0) is 9.53 Å². The molecular weight excluding hydrogens is 194 g/mol. The lowest BCUT2D eigenvalue weighted by Gasteiger charge is -1.99. The summed E-state index contributed by atoms with van der Waals surface area (Å²) < 4.78 is 4.40. The zero-order valence-corrected chi connectivity index (χ0v) is 8.10. The number of hydrogen-bond donors (Lipinski definition) is 1. The summed E-state index contributed by atoms with van der Waals surface area (Å²) in [5.41, 5.74) is 0.249. The molecule has 1 aromatic rings. The fourth-order valence-electron chi connectivity index (χ4n) is 1.01. The predicted octanol–water partition coefficient (Wildman–Crippen LogP) is 1.47. The molecule has 0 radical (unpaired) electrons. The first-order valence-corrected chi connectivity index (χ1v) is 4.17. The van der Waals surface area contributed by atoms with Gasteiger partial charge in [0, 0.05) is 5.56 Å². The number of carbonyl (C=O) groups excluding carboxylic acids is 1. The third kappa shape index (κ3) is 2.58. The smallest absolute Gasteiger partial charge is 0.348 e. The summed E-state index contributed by atoms with van der Waals surface area (Å²) in [6.07, 6.45) is 1.28. The molecule has 0 spiro atoms. The highest BCUT2D eigenvalue weighted by molar-refractivity contribution is 5.98. The van der Waals surface area contributed by atoms with Crippen LogP contribution in [0.25, 0.3) is 6.08 Å². The van der Waals surface area contributed by atoms with E-state index in [1.165, 1.54) is 19.3 Å². The Bertz CT molecular complexity index is 443. The van der Waals surface area contributed by atoms with Gasteiger partial charge in [0.25, 0.3) is 0 Å². The number of aromatic hydroxyl groups is 1. The number of hydrogen-bond acceptors (Lipinski definition) is 4. The Morgan fingerprint density at radius 3 is 2.73 bits per heavy atom. The maximum atomic E-state index is 11.1. The Balaban J connectivity index is 3.11. The molecule has 1 rings (SSSR count). The number of esters is 1. The van der Waals surface area contributed by atoms with Crippen LogP contribution in [0, 0.1) is 11.3 Å². The molecule has 1 aromatic carbocycles. The summed E-state index contributed by atoms with van der Waals surface area (Å²) >= 11 is 0. The van der Waals surface area contributed by atoms with Crippen molar-refractivity contribution in [2.24, 2.45) is 0 Å². The van der Waals surface area contributed by atoms with Crippen molar-refractivity contribution in [3.8, 4) is 11.8 Å². The SMILES string of the molecule is COC(=O)C(C#N)=Cc1ccccc1O. The first-order valence-electron chi connectivity index (χ1n) is 4.17. The largest absolute Gasteiger partial charge is 0.507 e. The number of phenols is 1. The first-order chi connectivity index (χ1) is 7.19. The van der Waals surface area contributed by atoms with E-state index >= 15 is 0 Å². The van der Waals surface area contributed by atoms with E-state index in [0.29, 0.717) is 5.56 Å². The number of phenolic OH excluding ortho intramolecular Hbond substituents is 1. The molecule has 15 heavy (non-hydrogen) atoms. The summed E-state index contributed by atoms with van der Waals surface area (Å²) in [4.78, 5) is 11.1. The van der Waals surface area contributed by atoms with E-state index in [1.807, 2.05) is 0 Å². The summed E-state index contributed by atoms with van der Waals surface area (Å²) in [5, 5.41) is 18.1. The fourth-order valence-corrected chi connectivity index (χ4v) is 1.01. The van der Waals surface area contributed by atoms with Crippen LogP contribution in [0.5, 0.6) is 5.75 Å². The van der Waals surface area contributed by atoms with Gasteiger partial charge in [-0.15, -0.1) is 0 Å². The van der Waals surface area contributed by atoms with Crippen molar-refractivity contribution >= 4 is 12.0 Å². The third-order valence-corrected chi connectivity index (χ3v) is 1.76. The zero-order valence-electron chi connectivity index (χ0n) is 8.10. The minimum absolute atomic E-state index is 0.00848. The molecule has 0 heterocycles. The standard InChI is InChI=1S/C11H9NO3/c1-15-11(14)9(7-12)6-8-4-2-3-5-10(8)13/h2-6,13H,1H3. The van der Waals surface area contributed by atoms with Crippen LogP contribution in [0.4, 0.5) is 0 Å². The Hall–Kier alpha value is -2.28. The van der Waals surface area contributed by atoms with Crippen molar-refractivity contribution in [2.75, 3.05) is 7.11 Å². The number of ether oxygens (including phenoxy) is 1. The molecule has 0 amide bonds. The highest BCUT2D eigenvalue weighted by Gasteiger charge is 2.09. The van der Waals surface area contributed by atoms with Crippen molar-refractivity contribution in [2.45, 2.75) is 0 Å². The topological polar surface area (TPSA) is 70.3 Å². The highest BCUT2D eigenvalue weighted by Crippen LogP contribution is 2.18. The van der Waals surface area contributed by atoms with Gasteiger partial charge in [0.15, 0.2) is 0 Å². The van der Waals surface area contributed by atoms with Gasteiger partial charge in [0.2, 0.25) is 0 Å². The molecule has 1 N–H and O–H groups in total. The van der Waals surface area contributed by atoms with Crippen molar-refractivity contribution in [3.63, 3.8) is 0 Å². The molecule has 0 atom stereocenters. The molecule has 0 aliphatic carbocycles. The number of nitriles is 1. The molecule has 0 saturated carbocycles. The van der Waals surface area contributed by atoms with Crippen molar-refractivity contribution in [1.82, 2.24) is 0 Å². The quantitative estimate of drug-likeness (QED) is 0.449. The number of para-hydroxylation sites is 1. The Labute approximate surface area is 87.0 Å². The molecule has 0 bridgehead atoms. The van der Waals surface area contributed by atoms with E-state index in [4.69, 9.17) is 5.26 Å². The second-order valence-corrected chi connectivity index (χ2v) is 2.72. The van der Waals surface area contributed by atoms with Gasteiger partial charge < -0.3 is 9.84 Å². The Morgan fingerprint density at radius 2 is 2.20 bits per heavy atom. The van der Waals surface area contributed by atoms with Crippen molar-refractivity contribution in [1.29, 1.82) is 5.26 Å². The lowest BCUT2D eigenvalue weighted by molar-refractivity contribution is -0.135. The maximum Gasteiger partial charge on any atom is 0.348 e. The zero-order chi connectivity index (χ0) is 11.3. The predicted molar refractivity (Wildman–Crippen MR) is 53.7 cm³/mol. The first kappa shape index (κ1) is 10.8. The second kappa shape index (κ2) is 4.82. The number of rotatable bonds is 2. The van der Waals surface area contributed by atoms with Crippen LogP contribution in [0.3, 0.4) is 0 Å². The van der Waals surface area contributed by atoms with E-state index in [1.54, 1.807) is 24.3 Å². The average Bonchev–Trinajstić information content (AvgIpc) is 2.27. The number of carbonyl (C=O) groups is 1. The van der Waals surface area contributed by atoms with E-state index < -0.39 is 5.97 Å². The summed E-state index contributed by atoms with van der Waals surface area (Å²) in [7, 11) is 1.19. The lowest BCUT2D eigenvalue weighted by Crippen LogP contribution is -2.02. The molecular formula is C11H9NO3. The van der Waals surface area contributed by atoms with Crippen molar-refractivity contribution < 1.29 is 14.6 Å². The number of methoxy groups -OCH3 is 1. The molecule has 0 fully saturated rings. The summed E-state index contributed by atoms with van der Waals surface area (Å²) in [6.45, 7) is 0. The minimum atomic E-state index is -0.722. The molecule has 0 saturated heterocycles. The van der Waals surface area contributed by atoms with Gasteiger partial charge in [-0.25, -0.2) is 4.79 Å². The lowest BCUT2D eigenvalue weighted by atomic mass is 10.1. The second-order valence-electron chi connectivity index (χ2n) is 2.72. The minimum Gasteiger partial charge on any atom is -0.507 e. The average molecular weight is 203 g/mol. The van der Waals surface area contributed by atoms with E-state index in [0.717, 1.165) is 0 Å². The van der Waals surface area contributed by atoms with Gasteiger partial charge in [-0.2, -0.15) is 5.26 Å². The Kier molecular flexibility index (Phi) is 3.47. The van der Waals surface area contributed by atoms with Crippen LogP contribution in [0.2, 0.25) is 0 Å². The van der Waals surface area contributed by atoms with Crippen LogP contribution >= 0.6 is 0 Å². The van der Waals surface area contributed by atoms with Gasteiger partial charge in [0.05, 0.1) is 7.11 Å².